The fourth-order valence-electron chi connectivity index (χ4n) is 3.59. The van der Waals surface area contributed by atoms with Gasteiger partial charge in [-0.3, -0.25) is 4.90 Å². The maximum absolute atomic E-state index is 11.7. The van der Waals surface area contributed by atoms with Gasteiger partial charge in [0.25, 0.3) is 0 Å². The van der Waals surface area contributed by atoms with E-state index in [9.17, 15) is 8.42 Å². The number of hydrogen-bond acceptors (Lipinski definition) is 6. The van der Waals surface area contributed by atoms with Gasteiger partial charge in [0.15, 0.2) is 0 Å². The van der Waals surface area contributed by atoms with Crippen molar-refractivity contribution in [2.24, 2.45) is 0 Å². The Morgan fingerprint density at radius 3 is 2.78 bits per heavy atom. The molecule has 0 bridgehead atoms. The molecule has 3 aromatic rings. The van der Waals surface area contributed by atoms with Crippen molar-refractivity contribution in [1.29, 1.82) is 0 Å². The normalized spacial score (nSPS) is 15.2. The SMILES string of the molecule is CCCn1c(CN2CCc3nc(S(C)(=O)=O)ncc3C2)nc2ccccc21. The number of hydrogen-bond donors (Lipinski definition) is 0. The van der Waals surface area contributed by atoms with Crippen molar-refractivity contribution in [2.75, 3.05) is 12.8 Å². The van der Waals surface area contributed by atoms with Gasteiger partial charge >= 0.3 is 0 Å². The summed E-state index contributed by atoms with van der Waals surface area (Å²) in [5.74, 6) is 1.06. The largest absolute Gasteiger partial charge is 0.327 e. The van der Waals surface area contributed by atoms with Crippen LogP contribution >= 0.6 is 0 Å². The molecule has 0 radical (unpaired) electrons. The summed E-state index contributed by atoms with van der Waals surface area (Å²) in [6, 6.07) is 8.24. The Bertz CT molecular complexity index is 1090. The highest BCUT2D eigenvalue weighted by molar-refractivity contribution is 7.90. The van der Waals surface area contributed by atoms with E-state index in [4.69, 9.17) is 4.98 Å². The third-order valence-electron chi connectivity index (χ3n) is 4.87. The lowest BCUT2D eigenvalue weighted by atomic mass is 10.1. The van der Waals surface area contributed by atoms with Crippen LogP contribution in [0.5, 0.6) is 0 Å². The minimum Gasteiger partial charge on any atom is -0.327 e. The molecule has 3 heterocycles. The fourth-order valence-corrected chi connectivity index (χ4v) is 4.11. The van der Waals surface area contributed by atoms with Crippen molar-refractivity contribution in [2.45, 2.75) is 44.6 Å². The Morgan fingerprint density at radius 2 is 2.00 bits per heavy atom. The van der Waals surface area contributed by atoms with Crippen molar-refractivity contribution >= 4 is 20.9 Å². The summed E-state index contributed by atoms with van der Waals surface area (Å²) in [4.78, 5) is 15.5. The molecule has 1 aliphatic rings. The van der Waals surface area contributed by atoms with Crippen LogP contribution in [0.2, 0.25) is 0 Å². The summed E-state index contributed by atoms with van der Waals surface area (Å²) in [5, 5.41) is -0.0839. The van der Waals surface area contributed by atoms with Crippen molar-refractivity contribution in [1.82, 2.24) is 24.4 Å². The molecule has 0 saturated carbocycles. The Hall–Kier alpha value is -2.32. The van der Waals surface area contributed by atoms with E-state index in [1.165, 1.54) is 5.52 Å². The number of aryl methyl sites for hydroxylation is 1. The van der Waals surface area contributed by atoms with Crippen LogP contribution in [-0.4, -0.2) is 45.6 Å². The van der Waals surface area contributed by atoms with Crippen LogP contribution in [0.25, 0.3) is 11.0 Å². The molecule has 7 nitrogen and oxygen atoms in total. The van der Waals surface area contributed by atoms with Crippen LogP contribution in [0.15, 0.2) is 35.6 Å². The van der Waals surface area contributed by atoms with Crippen LogP contribution < -0.4 is 0 Å². The van der Waals surface area contributed by atoms with Gasteiger partial charge in [-0.1, -0.05) is 19.1 Å². The Morgan fingerprint density at radius 1 is 1.19 bits per heavy atom. The zero-order valence-electron chi connectivity index (χ0n) is 15.6. The highest BCUT2D eigenvalue weighted by Crippen LogP contribution is 2.22. The first-order valence-corrected chi connectivity index (χ1v) is 11.1. The molecule has 2 aromatic heterocycles. The van der Waals surface area contributed by atoms with E-state index < -0.39 is 9.84 Å². The molecule has 0 amide bonds. The standard InChI is InChI=1S/C19H23N5O2S/c1-3-9-24-17-7-5-4-6-16(17)21-18(24)13-23-10-8-15-14(12-23)11-20-19(22-15)27(2,25)26/h4-7,11H,3,8-10,12-13H2,1-2H3. The first-order valence-electron chi connectivity index (χ1n) is 9.17. The van der Waals surface area contributed by atoms with Gasteiger partial charge in [0.2, 0.25) is 15.0 Å². The van der Waals surface area contributed by atoms with Crippen LogP contribution in [0.1, 0.15) is 30.4 Å². The number of imidazole rings is 1. The summed E-state index contributed by atoms with van der Waals surface area (Å²) in [5.41, 5.74) is 4.03. The molecule has 0 fully saturated rings. The number of fused-ring (bicyclic) bond motifs is 2. The predicted octanol–water partition coefficient (Wildman–Crippen LogP) is 2.20. The van der Waals surface area contributed by atoms with Crippen molar-refractivity contribution < 1.29 is 8.42 Å². The van der Waals surface area contributed by atoms with Crippen LogP contribution in [-0.2, 0) is 35.9 Å². The smallest absolute Gasteiger partial charge is 0.246 e. The van der Waals surface area contributed by atoms with Gasteiger partial charge in [-0.25, -0.2) is 23.4 Å². The molecule has 1 aromatic carbocycles. The number of aromatic nitrogens is 4. The highest BCUT2D eigenvalue weighted by atomic mass is 32.2. The molecule has 0 atom stereocenters. The number of sulfone groups is 1. The second-order valence-electron chi connectivity index (χ2n) is 7.03. The lowest BCUT2D eigenvalue weighted by Crippen LogP contribution is -2.32. The zero-order chi connectivity index (χ0) is 19.0. The van der Waals surface area contributed by atoms with E-state index in [1.54, 1.807) is 6.20 Å². The molecular formula is C19H23N5O2S. The average molecular weight is 385 g/mol. The van der Waals surface area contributed by atoms with Gasteiger partial charge in [-0.15, -0.1) is 0 Å². The predicted molar refractivity (Wildman–Crippen MR) is 103 cm³/mol. The number of rotatable bonds is 5. The molecule has 0 spiro atoms. The molecular weight excluding hydrogens is 362 g/mol. The number of benzene rings is 1. The molecule has 0 unspecified atom stereocenters. The third-order valence-corrected chi connectivity index (χ3v) is 5.73. The minimum atomic E-state index is -3.37. The van der Waals surface area contributed by atoms with E-state index in [2.05, 4.69) is 38.5 Å². The monoisotopic (exact) mass is 385 g/mol. The Kier molecular flexibility index (Phi) is 4.69. The van der Waals surface area contributed by atoms with Crippen LogP contribution in [0, 0.1) is 0 Å². The first kappa shape index (κ1) is 18.1. The second kappa shape index (κ2) is 7.01. The van der Waals surface area contributed by atoms with Crippen molar-refractivity contribution in [3.05, 3.63) is 47.5 Å². The lowest BCUT2D eigenvalue weighted by Gasteiger charge is -2.27. The third kappa shape index (κ3) is 3.59. The molecule has 4 rings (SSSR count). The van der Waals surface area contributed by atoms with Crippen LogP contribution in [0.4, 0.5) is 0 Å². The molecule has 142 valence electrons. The maximum Gasteiger partial charge on any atom is 0.246 e. The summed E-state index contributed by atoms with van der Waals surface area (Å²) in [7, 11) is -3.37. The quantitative estimate of drug-likeness (QED) is 0.627. The van der Waals surface area contributed by atoms with Crippen molar-refractivity contribution in [3.63, 3.8) is 0 Å². The van der Waals surface area contributed by atoms with Gasteiger partial charge in [0, 0.05) is 44.1 Å². The summed E-state index contributed by atoms with van der Waals surface area (Å²) < 4.78 is 25.6. The highest BCUT2D eigenvalue weighted by Gasteiger charge is 2.22. The lowest BCUT2D eigenvalue weighted by molar-refractivity contribution is 0.233. The molecule has 0 N–H and O–H groups in total. The summed E-state index contributed by atoms with van der Waals surface area (Å²) in [6.45, 7) is 5.40. The van der Waals surface area contributed by atoms with E-state index >= 15 is 0 Å². The van der Waals surface area contributed by atoms with Gasteiger partial charge in [-0.2, -0.15) is 0 Å². The Balaban J connectivity index is 1.59. The van der Waals surface area contributed by atoms with Crippen LogP contribution in [0.3, 0.4) is 0 Å². The van der Waals surface area contributed by atoms with Gasteiger partial charge in [0.05, 0.1) is 23.3 Å². The van der Waals surface area contributed by atoms with E-state index in [1.807, 2.05) is 12.1 Å². The van der Waals surface area contributed by atoms with Gasteiger partial charge in [0.1, 0.15) is 5.82 Å². The summed E-state index contributed by atoms with van der Waals surface area (Å²) in [6.07, 6.45) is 4.56. The van der Waals surface area contributed by atoms with E-state index in [0.717, 1.165) is 54.9 Å². The van der Waals surface area contributed by atoms with Gasteiger partial charge < -0.3 is 4.57 Å². The van der Waals surface area contributed by atoms with Crippen molar-refractivity contribution in [3.8, 4) is 0 Å². The zero-order valence-corrected chi connectivity index (χ0v) is 16.4. The molecule has 1 aliphatic heterocycles. The second-order valence-corrected chi connectivity index (χ2v) is 8.94. The number of para-hydroxylation sites is 2. The molecule has 8 heteroatoms. The summed E-state index contributed by atoms with van der Waals surface area (Å²) >= 11 is 0. The molecule has 27 heavy (non-hydrogen) atoms. The molecule has 0 saturated heterocycles. The molecule has 0 aliphatic carbocycles. The van der Waals surface area contributed by atoms with E-state index in [0.29, 0.717) is 13.0 Å². The average Bonchev–Trinajstić information content (AvgIpc) is 2.98. The first-order chi connectivity index (χ1) is 13.0. The Labute approximate surface area is 159 Å². The maximum atomic E-state index is 11.7. The number of nitrogens with zero attached hydrogens (tertiary/aromatic N) is 5. The minimum absolute atomic E-state index is 0.0839. The van der Waals surface area contributed by atoms with Gasteiger partial charge in [-0.05, 0) is 18.6 Å². The topological polar surface area (TPSA) is 81.0 Å². The fraction of sp³-hybridized carbons (Fsp3) is 0.421. The van der Waals surface area contributed by atoms with E-state index in [-0.39, 0.29) is 5.16 Å².